The molecule has 3 nitrogen and oxygen atoms in total. The molecule has 0 aliphatic rings. The average Bonchev–Trinajstić information content (AvgIpc) is 1.90. The molecule has 0 aliphatic carbocycles. The highest BCUT2D eigenvalue weighted by molar-refractivity contribution is 4.90. The van der Waals surface area contributed by atoms with Gasteiger partial charge < -0.3 is 15.3 Å². The number of hydrogen-bond acceptors (Lipinski definition) is 3. The Bertz CT molecular complexity index is 61.3. The summed E-state index contributed by atoms with van der Waals surface area (Å²) in [4.78, 5) is 0. The third-order valence-electron chi connectivity index (χ3n) is 1.39. The molecule has 0 aromatic heterocycles. The van der Waals surface area contributed by atoms with E-state index in [1.165, 1.54) is 0 Å². The first-order chi connectivity index (χ1) is 4.26. The van der Waals surface area contributed by atoms with E-state index in [1.54, 1.807) is 6.92 Å². The van der Waals surface area contributed by atoms with Gasteiger partial charge in [0.25, 0.3) is 0 Å². The van der Waals surface area contributed by atoms with Crippen LogP contribution in [-0.2, 0) is 0 Å². The van der Waals surface area contributed by atoms with Crippen LogP contribution in [-0.4, -0.2) is 35.1 Å². The number of rotatable bonds is 4. The van der Waals surface area contributed by atoms with E-state index in [9.17, 15) is 0 Å². The minimum Gasteiger partial charge on any atom is -0.396 e. The van der Waals surface area contributed by atoms with Crippen LogP contribution < -0.4 is 0 Å². The van der Waals surface area contributed by atoms with Crippen molar-refractivity contribution in [2.24, 2.45) is 5.92 Å². The van der Waals surface area contributed by atoms with Crippen LogP contribution in [0.4, 0.5) is 0 Å². The SMILES string of the molecule is C[C](CO)C(CO)CO. The number of aliphatic hydroxyl groups is 3. The van der Waals surface area contributed by atoms with Gasteiger partial charge >= 0.3 is 0 Å². The zero-order chi connectivity index (χ0) is 7.28. The maximum atomic E-state index is 8.54. The lowest BCUT2D eigenvalue weighted by atomic mass is 9.97. The average molecular weight is 133 g/mol. The zero-order valence-corrected chi connectivity index (χ0v) is 5.54. The summed E-state index contributed by atoms with van der Waals surface area (Å²) >= 11 is 0. The van der Waals surface area contributed by atoms with E-state index in [-0.39, 0.29) is 25.7 Å². The van der Waals surface area contributed by atoms with Crippen molar-refractivity contribution < 1.29 is 15.3 Å². The molecule has 0 bridgehead atoms. The van der Waals surface area contributed by atoms with Crippen LogP contribution in [0.25, 0.3) is 0 Å². The van der Waals surface area contributed by atoms with Gasteiger partial charge in [0.15, 0.2) is 0 Å². The molecule has 3 heteroatoms. The lowest BCUT2D eigenvalue weighted by molar-refractivity contribution is 0.141. The van der Waals surface area contributed by atoms with Crippen molar-refractivity contribution in [2.75, 3.05) is 19.8 Å². The molecule has 0 aromatic carbocycles. The summed E-state index contributed by atoms with van der Waals surface area (Å²) in [6, 6.07) is 0. The molecule has 0 spiro atoms. The first kappa shape index (κ1) is 8.88. The Kier molecular flexibility index (Phi) is 4.67. The Hall–Kier alpha value is -0.120. The molecule has 0 rings (SSSR count). The first-order valence-corrected chi connectivity index (χ1v) is 2.91. The van der Waals surface area contributed by atoms with Crippen molar-refractivity contribution in [3.05, 3.63) is 5.92 Å². The third-order valence-corrected chi connectivity index (χ3v) is 1.39. The van der Waals surface area contributed by atoms with Crippen LogP contribution in [0.1, 0.15) is 6.92 Å². The topological polar surface area (TPSA) is 60.7 Å². The van der Waals surface area contributed by atoms with Crippen molar-refractivity contribution in [3.63, 3.8) is 0 Å². The Balaban J connectivity index is 3.50. The maximum Gasteiger partial charge on any atom is 0.0495 e. The van der Waals surface area contributed by atoms with Crippen molar-refractivity contribution in [1.29, 1.82) is 0 Å². The molecule has 0 heterocycles. The van der Waals surface area contributed by atoms with Crippen LogP contribution in [0, 0.1) is 11.8 Å². The summed E-state index contributed by atoms with van der Waals surface area (Å²) in [5, 5.41) is 25.6. The molecular weight excluding hydrogens is 120 g/mol. The summed E-state index contributed by atoms with van der Waals surface area (Å²) in [7, 11) is 0. The molecule has 0 aromatic rings. The molecule has 3 N–H and O–H groups in total. The van der Waals surface area contributed by atoms with Gasteiger partial charge in [-0.05, 0) is 0 Å². The fraction of sp³-hybridized carbons (Fsp3) is 0.833. The second-order valence-corrected chi connectivity index (χ2v) is 2.07. The van der Waals surface area contributed by atoms with Crippen LogP contribution in [0.5, 0.6) is 0 Å². The summed E-state index contributed by atoms with van der Waals surface area (Å²) in [6.45, 7) is 1.45. The van der Waals surface area contributed by atoms with Gasteiger partial charge in [-0.25, -0.2) is 0 Å². The summed E-state index contributed by atoms with van der Waals surface area (Å²) < 4.78 is 0. The first-order valence-electron chi connectivity index (χ1n) is 2.91. The molecule has 0 saturated heterocycles. The Labute approximate surface area is 54.9 Å². The second kappa shape index (κ2) is 4.73. The van der Waals surface area contributed by atoms with Crippen molar-refractivity contribution in [2.45, 2.75) is 6.92 Å². The fourth-order valence-corrected chi connectivity index (χ4v) is 0.499. The van der Waals surface area contributed by atoms with Crippen LogP contribution in [0.15, 0.2) is 0 Å². The molecule has 0 fully saturated rings. The number of aliphatic hydroxyl groups excluding tert-OH is 3. The Morgan fingerprint density at radius 3 is 1.78 bits per heavy atom. The van der Waals surface area contributed by atoms with E-state index in [0.717, 1.165) is 5.92 Å². The largest absolute Gasteiger partial charge is 0.396 e. The molecule has 0 atom stereocenters. The van der Waals surface area contributed by atoms with Crippen molar-refractivity contribution in [1.82, 2.24) is 0 Å². The van der Waals surface area contributed by atoms with Crippen LogP contribution >= 0.6 is 0 Å². The molecule has 0 amide bonds. The van der Waals surface area contributed by atoms with E-state index in [0.29, 0.717) is 0 Å². The van der Waals surface area contributed by atoms with Gasteiger partial charge in [0.05, 0.1) is 0 Å². The molecule has 1 radical (unpaired) electrons. The van der Waals surface area contributed by atoms with Gasteiger partial charge in [-0.1, -0.05) is 6.92 Å². The molecule has 55 valence electrons. The molecule has 0 saturated carbocycles. The monoisotopic (exact) mass is 133 g/mol. The minimum atomic E-state index is -0.255. The highest BCUT2D eigenvalue weighted by atomic mass is 16.3. The molecule has 0 unspecified atom stereocenters. The molecule has 0 aliphatic heterocycles. The highest BCUT2D eigenvalue weighted by Gasteiger charge is 2.13. The van der Waals surface area contributed by atoms with E-state index in [1.807, 2.05) is 0 Å². The highest BCUT2D eigenvalue weighted by Crippen LogP contribution is 2.10. The van der Waals surface area contributed by atoms with Crippen LogP contribution in [0.2, 0.25) is 0 Å². The van der Waals surface area contributed by atoms with E-state index < -0.39 is 0 Å². The van der Waals surface area contributed by atoms with Crippen molar-refractivity contribution in [3.8, 4) is 0 Å². The van der Waals surface area contributed by atoms with Gasteiger partial charge in [0, 0.05) is 31.7 Å². The van der Waals surface area contributed by atoms with Gasteiger partial charge in [-0.3, -0.25) is 0 Å². The minimum absolute atomic E-state index is 0.0637. The smallest absolute Gasteiger partial charge is 0.0495 e. The maximum absolute atomic E-state index is 8.54. The van der Waals surface area contributed by atoms with Gasteiger partial charge in [-0.15, -0.1) is 0 Å². The normalized spacial score (nSPS) is 11.3. The van der Waals surface area contributed by atoms with E-state index >= 15 is 0 Å². The zero-order valence-electron chi connectivity index (χ0n) is 5.54. The van der Waals surface area contributed by atoms with Gasteiger partial charge in [0.2, 0.25) is 0 Å². The van der Waals surface area contributed by atoms with Crippen LogP contribution in [0.3, 0.4) is 0 Å². The van der Waals surface area contributed by atoms with E-state index in [2.05, 4.69) is 0 Å². The van der Waals surface area contributed by atoms with Gasteiger partial charge in [0.1, 0.15) is 0 Å². The predicted octanol–water partition coefficient (Wildman–Crippen LogP) is -0.826. The van der Waals surface area contributed by atoms with Crippen molar-refractivity contribution >= 4 is 0 Å². The summed E-state index contributed by atoms with van der Waals surface area (Å²) in [5.74, 6) is 0.468. The predicted molar refractivity (Wildman–Crippen MR) is 33.7 cm³/mol. The quantitative estimate of drug-likeness (QED) is 0.469. The molecule has 9 heavy (non-hydrogen) atoms. The fourth-order valence-electron chi connectivity index (χ4n) is 0.499. The summed E-state index contributed by atoms with van der Waals surface area (Å²) in [5.41, 5.74) is 0. The van der Waals surface area contributed by atoms with E-state index in [4.69, 9.17) is 15.3 Å². The lowest BCUT2D eigenvalue weighted by Crippen LogP contribution is -2.20. The third kappa shape index (κ3) is 2.79. The van der Waals surface area contributed by atoms with Gasteiger partial charge in [-0.2, -0.15) is 0 Å². The number of hydrogen-bond donors (Lipinski definition) is 3. The Morgan fingerprint density at radius 2 is 1.67 bits per heavy atom. The summed E-state index contributed by atoms with van der Waals surface area (Å²) in [6.07, 6.45) is 0. The Morgan fingerprint density at radius 1 is 1.22 bits per heavy atom. The second-order valence-electron chi connectivity index (χ2n) is 2.07. The standard InChI is InChI=1S/C6H13O3/c1-5(2-7)6(3-8)4-9/h6-9H,2-4H2,1H3. The molecular formula is C6H13O3. The lowest BCUT2D eigenvalue weighted by Gasteiger charge is -2.15.